The number of hydrogen-bond donors (Lipinski definition) is 3. The van der Waals surface area contributed by atoms with E-state index in [0.717, 1.165) is 50.5 Å². The number of benzene rings is 3. The van der Waals surface area contributed by atoms with Gasteiger partial charge in [-0.15, -0.1) is 0 Å². The summed E-state index contributed by atoms with van der Waals surface area (Å²) in [5.74, 6) is 1.91. The third-order valence-corrected chi connectivity index (χ3v) is 5.08. The van der Waals surface area contributed by atoms with E-state index in [1.165, 1.54) is 0 Å². The number of para-hydroxylation sites is 1. The van der Waals surface area contributed by atoms with Gasteiger partial charge in [-0.2, -0.15) is 5.10 Å². The van der Waals surface area contributed by atoms with E-state index < -0.39 is 0 Å². The highest BCUT2D eigenvalue weighted by molar-refractivity contribution is 6.01. The number of nitrogens with one attached hydrogen (secondary N) is 1. The molecule has 0 aliphatic rings. The van der Waals surface area contributed by atoms with E-state index in [4.69, 9.17) is 15.5 Å². The maximum absolute atomic E-state index is 9.48. The minimum atomic E-state index is -0.0250. The lowest BCUT2D eigenvalue weighted by atomic mass is 10.0. The molecule has 0 unspecified atom stereocenters. The summed E-state index contributed by atoms with van der Waals surface area (Å²) in [7, 11) is 0. The highest BCUT2D eigenvalue weighted by atomic mass is 16.5. The third-order valence-electron chi connectivity index (χ3n) is 5.08. The van der Waals surface area contributed by atoms with Gasteiger partial charge in [0, 0.05) is 11.1 Å². The topological polar surface area (TPSA) is 97.0 Å². The molecule has 2 aromatic heterocycles. The number of hydrogen-bond acceptors (Lipinski definition) is 5. The number of aliphatic hydroxyl groups is 1. The van der Waals surface area contributed by atoms with E-state index in [2.05, 4.69) is 10.2 Å². The Kier molecular flexibility index (Phi) is 4.82. The zero-order valence-corrected chi connectivity index (χ0v) is 16.6. The summed E-state index contributed by atoms with van der Waals surface area (Å²) >= 11 is 0. The summed E-state index contributed by atoms with van der Waals surface area (Å²) in [6.45, 7) is -0.0250. The molecule has 0 radical (unpaired) electrons. The van der Waals surface area contributed by atoms with Crippen molar-refractivity contribution in [3.8, 4) is 34.0 Å². The third kappa shape index (κ3) is 3.72. The number of aromatic nitrogens is 3. The Morgan fingerprint density at radius 3 is 2.39 bits per heavy atom. The van der Waals surface area contributed by atoms with Gasteiger partial charge in [0.1, 0.15) is 11.5 Å². The van der Waals surface area contributed by atoms with E-state index in [9.17, 15) is 5.11 Å². The first kappa shape index (κ1) is 18.8. The van der Waals surface area contributed by atoms with Crippen LogP contribution in [0.25, 0.3) is 33.4 Å². The van der Waals surface area contributed by atoms with Gasteiger partial charge in [0.15, 0.2) is 5.82 Å². The van der Waals surface area contributed by atoms with Gasteiger partial charge in [-0.25, -0.2) is 4.98 Å². The molecule has 0 aliphatic heterocycles. The average molecular weight is 408 g/mol. The van der Waals surface area contributed by atoms with Crippen LogP contribution < -0.4 is 10.5 Å². The number of nitrogens with zero attached hydrogens (tertiary/aromatic N) is 2. The number of ether oxygens (including phenoxy) is 1. The van der Waals surface area contributed by atoms with E-state index >= 15 is 0 Å². The van der Waals surface area contributed by atoms with Crippen LogP contribution in [0.2, 0.25) is 0 Å². The average Bonchev–Trinajstić information content (AvgIpc) is 3.20. The molecule has 5 aromatic rings. The quantitative estimate of drug-likeness (QED) is 0.373. The number of fused-ring (bicyclic) bond motifs is 1. The molecular formula is C25H20N4O2. The van der Waals surface area contributed by atoms with Gasteiger partial charge in [-0.3, -0.25) is 5.10 Å². The Hall–Kier alpha value is -4.16. The molecule has 0 saturated carbocycles. The lowest BCUT2D eigenvalue weighted by Gasteiger charge is -2.10. The van der Waals surface area contributed by atoms with Crippen molar-refractivity contribution in [3.63, 3.8) is 0 Å². The number of nitrogens with two attached hydrogens (primary N) is 1. The second-order valence-electron chi connectivity index (χ2n) is 7.19. The number of nitrogen functional groups attached to an aromatic ring is 1. The SMILES string of the molecule is Nc1n[nH]c2cc(-c3cccc(CO)c3)nc(-c3ccc(Oc4ccccc4)cc3)c12. The van der Waals surface area contributed by atoms with Gasteiger partial charge in [0.25, 0.3) is 0 Å². The predicted octanol–water partition coefficient (Wildman–Crippen LogP) is 5.16. The van der Waals surface area contributed by atoms with Crippen LogP contribution >= 0.6 is 0 Å². The number of pyridine rings is 1. The molecule has 0 bridgehead atoms. The van der Waals surface area contributed by atoms with Crippen molar-refractivity contribution in [1.29, 1.82) is 0 Å². The van der Waals surface area contributed by atoms with Crippen LogP contribution in [0.4, 0.5) is 5.82 Å². The van der Waals surface area contributed by atoms with E-state index in [0.29, 0.717) is 5.82 Å². The maximum Gasteiger partial charge on any atom is 0.155 e. The number of rotatable bonds is 5. The fourth-order valence-corrected chi connectivity index (χ4v) is 3.56. The normalized spacial score (nSPS) is 11.0. The standard InChI is InChI=1S/C25H20N4O2/c26-25-23-22(28-29-25)14-21(18-6-4-5-16(13-18)15-30)27-24(23)17-9-11-20(12-10-17)31-19-7-2-1-3-8-19/h1-14,30H,15H2,(H3,26,28,29). The fraction of sp³-hybridized carbons (Fsp3) is 0.0400. The van der Waals surface area contributed by atoms with Crippen molar-refractivity contribution >= 4 is 16.7 Å². The highest BCUT2D eigenvalue weighted by Crippen LogP contribution is 2.34. The summed E-state index contributed by atoms with van der Waals surface area (Å²) in [5.41, 5.74) is 11.1. The molecule has 5 rings (SSSR count). The summed E-state index contributed by atoms with van der Waals surface area (Å²) in [6, 6.07) is 27.0. The molecule has 0 atom stereocenters. The number of H-pyrrole nitrogens is 1. The Bertz CT molecular complexity index is 1350. The lowest BCUT2D eigenvalue weighted by Crippen LogP contribution is -1.93. The molecule has 0 spiro atoms. The number of aromatic amines is 1. The Morgan fingerprint density at radius 2 is 1.61 bits per heavy atom. The van der Waals surface area contributed by atoms with E-state index in [1.807, 2.05) is 84.9 Å². The van der Waals surface area contributed by atoms with Gasteiger partial charge >= 0.3 is 0 Å². The van der Waals surface area contributed by atoms with Crippen LogP contribution in [0.3, 0.4) is 0 Å². The minimum absolute atomic E-state index is 0.0250. The minimum Gasteiger partial charge on any atom is -0.457 e. The van der Waals surface area contributed by atoms with Crippen LogP contribution in [-0.4, -0.2) is 20.3 Å². The van der Waals surface area contributed by atoms with Crippen LogP contribution in [0.5, 0.6) is 11.5 Å². The van der Waals surface area contributed by atoms with Gasteiger partial charge in [-0.1, -0.05) is 36.4 Å². The lowest BCUT2D eigenvalue weighted by molar-refractivity contribution is 0.282. The zero-order valence-electron chi connectivity index (χ0n) is 16.6. The predicted molar refractivity (Wildman–Crippen MR) is 122 cm³/mol. The molecule has 3 aromatic carbocycles. The van der Waals surface area contributed by atoms with Gasteiger partial charge in [-0.05, 0) is 54.1 Å². The van der Waals surface area contributed by atoms with Gasteiger partial charge in [0.05, 0.1) is 28.9 Å². The molecule has 0 fully saturated rings. The highest BCUT2D eigenvalue weighted by Gasteiger charge is 2.15. The summed E-state index contributed by atoms with van der Waals surface area (Å²) in [5, 5.41) is 17.4. The molecule has 4 N–H and O–H groups in total. The first-order valence-electron chi connectivity index (χ1n) is 9.89. The van der Waals surface area contributed by atoms with Crippen LogP contribution in [0.1, 0.15) is 5.56 Å². The molecular weight excluding hydrogens is 388 g/mol. The van der Waals surface area contributed by atoms with E-state index in [1.54, 1.807) is 0 Å². The first-order valence-corrected chi connectivity index (χ1v) is 9.89. The molecule has 6 heteroatoms. The number of aliphatic hydroxyl groups excluding tert-OH is 1. The molecule has 152 valence electrons. The fourth-order valence-electron chi connectivity index (χ4n) is 3.56. The van der Waals surface area contributed by atoms with Crippen LogP contribution in [0.15, 0.2) is 84.9 Å². The smallest absolute Gasteiger partial charge is 0.155 e. The zero-order chi connectivity index (χ0) is 21.2. The monoisotopic (exact) mass is 408 g/mol. The second kappa shape index (κ2) is 7.93. The van der Waals surface area contributed by atoms with Crippen molar-refractivity contribution < 1.29 is 9.84 Å². The van der Waals surface area contributed by atoms with Crippen molar-refractivity contribution in [2.75, 3.05) is 5.73 Å². The Balaban J connectivity index is 1.57. The largest absolute Gasteiger partial charge is 0.457 e. The van der Waals surface area contributed by atoms with Crippen molar-refractivity contribution in [3.05, 3.63) is 90.5 Å². The van der Waals surface area contributed by atoms with Crippen LogP contribution in [0, 0.1) is 0 Å². The molecule has 6 nitrogen and oxygen atoms in total. The summed E-state index contributed by atoms with van der Waals surface area (Å²) in [6.07, 6.45) is 0. The van der Waals surface area contributed by atoms with Crippen molar-refractivity contribution in [1.82, 2.24) is 15.2 Å². The van der Waals surface area contributed by atoms with Crippen LogP contribution in [-0.2, 0) is 6.61 Å². The molecule has 0 saturated heterocycles. The van der Waals surface area contributed by atoms with Crippen molar-refractivity contribution in [2.24, 2.45) is 0 Å². The molecule has 0 amide bonds. The Morgan fingerprint density at radius 1 is 0.839 bits per heavy atom. The first-order chi connectivity index (χ1) is 15.2. The van der Waals surface area contributed by atoms with Gasteiger partial charge < -0.3 is 15.6 Å². The molecule has 0 aliphatic carbocycles. The van der Waals surface area contributed by atoms with Gasteiger partial charge in [0.2, 0.25) is 0 Å². The summed E-state index contributed by atoms with van der Waals surface area (Å²) < 4.78 is 5.90. The number of anilines is 1. The Labute approximate surface area is 179 Å². The van der Waals surface area contributed by atoms with Crippen molar-refractivity contribution in [2.45, 2.75) is 6.61 Å². The molecule has 2 heterocycles. The summed E-state index contributed by atoms with van der Waals surface area (Å²) in [4.78, 5) is 4.90. The van der Waals surface area contributed by atoms with E-state index in [-0.39, 0.29) is 6.61 Å². The molecule has 31 heavy (non-hydrogen) atoms. The maximum atomic E-state index is 9.48. The second-order valence-corrected chi connectivity index (χ2v) is 7.19.